The maximum absolute atomic E-state index is 12.3. The molecule has 0 radical (unpaired) electrons. The minimum absolute atomic E-state index is 0.151. The number of amides is 1. The van der Waals surface area contributed by atoms with Crippen LogP contribution >= 0.6 is 15.9 Å². The lowest BCUT2D eigenvalue weighted by molar-refractivity contribution is 0.0743. The van der Waals surface area contributed by atoms with Crippen LogP contribution in [0.15, 0.2) is 28.7 Å². The Kier molecular flexibility index (Phi) is 3.33. The van der Waals surface area contributed by atoms with Gasteiger partial charge in [0.05, 0.1) is 0 Å². The maximum Gasteiger partial charge on any atom is 0.254 e. The highest BCUT2D eigenvalue weighted by Crippen LogP contribution is 2.24. The molecule has 2 unspecified atom stereocenters. The van der Waals surface area contributed by atoms with E-state index in [4.69, 9.17) is 0 Å². The molecule has 86 valence electrons. The van der Waals surface area contributed by atoms with Crippen molar-refractivity contribution < 1.29 is 4.79 Å². The predicted octanol–water partition coefficient (Wildman–Crippen LogP) is 3.32. The van der Waals surface area contributed by atoms with Crippen molar-refractivity contribution >= 4 is 21.8 Å². The van der Waals surface area contributed by atoms with Gasteiger partial charge in [0.2, 0.25) is 0 Å². The number of carbonyl (C=O) groups is 1. The van der Waals surface area contributed by atoms with Gasteiger partial charge in [-0.3, -0.25) is 4.79 Å². The van der Waals surface area contributed by atoms with Crippen molar-refractivity contribution in [3.8, 4) is 0 Å². The van der Waals surface area contributed by atoms with Gasteiger partial charge in [-0.2, -0.15) is 0 Å². The fourth-order valence-corrected chi connectivity index (χ4v) is 2.77. The number of likely N-dealkylation sites (tertiary alicyclic amines) is 1. The van der Waals surface area contributed by atoms with Gasteiger partial charge in [-0.1, -0.05) is 28.9 Å². The van der Waals surface area contributed by atoms with Crippen LogP contribution in [-0.4, -0.2) is 23.4 Å². The first-order valence-electron chi connectivity index (χ1n) is 5.64. The third kappa shape index (κ3) is 2.29. The largest absolute Gasteiger partial charge is 0.336 e. The molecule has 2 atom stereocenters. The van der Waals surface area contributed by atoms with Crippen molar-refractivity contribution in [2.75, 3.05) is 6.54 Å². The van der Waals surface area contributed by atoms with E-state index in [1.54, 1.807) is 0 Å². The minimum Gasteiger partial charge on any atom is -0.336 e. The molecule has 0 bridgehead atoms. The van der Waals surface area contributed by atoms with Crippen LogP contribution in [0.25, 0.3) is 0 Å². The van der Waals surface area contributed by atoms with Gasteiger partial charge < -0.3 is 4.90 Å². The Balaban J connectivity index is 2.19. The second kappa shape index (κ2) is 4.58. The fraction of sp³-hybridized carbons (Fsp3) is 0.462. The van der Waals surface area contributed by atoms with E-state index >= 15 is 0 Å². The normalized spacial score (nSPS) is 24.8. The Labute approximate surface area is 105 Å². The highest BCUT2D eigenvalue weighted by molar-refractivity contribution is 9.10. The van der Waals surface area contributed by atoms with Crippen LogP contribution in [-0.2, 0) is 0 Å². The van der Waals surface area contributed by atoms with Crippen LogP contribution in [0, 0.1) is 5.92 Å². The molecule has 2 rings (SSSR count). The molecule has 1 aliphatic rings. The second-order valence-electron chi connectivity index (χ2n) is 4.66. The first-order chi connectivity index (χ1) is 7.58. The van der Waals surface area contributed by atoms with Crippen molar-refractivity contribution in [2.45, 2.75) is 26.3 Å². The molecular formula is C13H16BrNO. The molecule has 1 aromatic carbocycles. The van der Waals surface area contributed by atoms with Gasteiger partial charge in [-0.25, -0.2) is 0 Å². The Morgan fingerprint density at radius 1 is 1.44 bits per heavy atom. The van der Waals surface area contributed by atoms with Crippen molar-refractivity contribution in [3.63, 3.8) is 0 Å². The monoisotopic (exact) mass is 281 g/mol. The van der Waals surface area contributed by atoms with Crippen LogP contribution in [0.4, 0.5) is 0 Å². The standard InChI is InChI=1S/C13H16BrNO/c1-9-6-10(2)15(8-9)13(16)11-4-3-5-12(14)7-11/h3-5,7,9-10H,6,8H2,1-2H3. The lowest BCUT2D eigenvalue weighted by Crippen LogP contribution is -2.33. The molecule has 1 fully saturated rings. The van der Waals surface area contributed by atoms with Gasteiger partial charge in [0.25, 0.3) is 5.91 Å². The first kappa shape index (κ1) is 11.6. The van der Waals surface area contributed by atoms with E-state index in [-0.39, 0.29) is 5.91 Å². The van der Waals surface area contributed by atoms with Crippen LogP contribution in [0.3, 0.4) is 0 Å². The molecule has 1 saturated heterocycles. The fourth-order valence-electron chi connectivity index (χ4n) is 2.37. The predicted molar refractivity (Wildman–Crippen MR) is 68.4 cm³/mol. The second-order valence-corrected chi connectivity index (χ2v) is 5.57. The molecule has 16 heavy (non-hydrogen) atoms. The lowest BCUT2D eigenvalue weighted by atomic mass is 10.1. The van der Waals surface area contributed by atoms with Crippen molar-refractivity contribution in [1.29, 1.82) is 0 Å². The summed E-state index contributed by atoms with van der Waals surface area (Å²) in [6.45, 7) is 5.20. The summed E-state index contributed by atoms with van der Waals surface area (Å²) in [5.74, 6) is 0.768. The Morgan fingerprint density at radius 2 is 2.19 bits per heavy atom. The van der Waals surface area contributed by atoms with Crippen LogP contribution in [0.2, 0.25) is 0 Å². The molecule has 0 aromatic heterocycles. The molecule has 2 nitrogen and oxygen atoms in total. The number of carbonyl (C=O) groups excluding carboxylic acids is 1. The Hall–Kier alpha value is -0.830. The number of hydrogen-bond acceptors (Lipinski definition) is 1. The number of hydrogen-bond donors (Lipinski definition) is 0. The molecule has 0 aliphatic carbocycles. The average Bonchev–Trinajstić information content (AvgIpc) is 2.57. The average molecular weight is 282 g/mol. The summed E-state index contributed by atoms with van der Waals surface area (Å²) in [6.07, 6.45) is 1.11. The Bertz CT molecular complexity index is 405. The van der Waals surface area contributed by atoms with Crippen LogP contribution in [0.1, 0.15) is 30.6 Å². The summed E-state index contributed by atoms with van der Waals surface area (Å²) in [5, 5.41) is 0. The van der Waals surface area contributed by atoms with E-state index in [0.29, 0.717) is 12.0 Å². The van der Waals surface area contributed by atoms with Crippen LogP contribution in [0.5, 0.6) is 0 Å². The smallest absolute Gasteiger partial charge is 0.254 e. The topological polar surface area (TPSA) is 20.3 Å². The minimum atomic E-state index is 0.151. The van der Waals surface area contributed by atoms with Gasteiger partial charge in [-0.15, -0.1) is 0 Å². The van der Waals surface area contributed by atoms with Crippen molar-refractivity contribution in [1.82, 2.24) is 4.90 Å². The van der Waals surface area contributed by atoms with E-state index in [2.05, 4.69) is 29.8 Å². The molecule has 0 saturated carbocycles. The van der Waals surface area contributed by atoms with Crippen LogP contribution < -0.4 is 0 Å². The number of rotatable bonds is 1. The van der Waals surface area contributed by atoms with E-state index < -0.39 is 0 Å². The summed E-state index contributed by atoms with van der Waals surface area (Å²) in [5.41, 5.74) is 0.773. The third-order valence-electron chi connectivity index (χ3n) is 3.12. The van der Waals surface area contributed by atoms with Gasteiger partial charge in [0.15, 0.2) is 0 Å². The van der Waals surface area contributed by atoms with E-state index in [9.17, 15) is 4.79 Å². The maximum atomic E-state index is 12.3. The Morgan fingerprint density at radius 3 is 2.75 bits per heavy atom. The number of nitrogens with zero attached hydrogens (tertiary/aromatic N) is 1. The van der Waals surface area contributed by atoms with Gasteiger partial charge in [-0.05, 0) is 37.5 Å². The zero-order chi connectivity index (χ0) is 11.7. The summed E-state index contributed by atoms with van der Waals surface area (Å²) < 4.78 is 0.957. The van der Waals surface area contributed by atoms with E-state index in [1.807, 2.05) is 29.2 Å². The van der Waals surface area contributed by atoms with Gasteiger partial charge in [0, 0.05) is 22.6 Å². The van der Waals surface area contributed by atoms with Gasteiger partial charge >= 0.3 is 0 Å². The number of halogens is 1. The van der Waals surface area contributed by atoms with Gasteiger partial charge in [0.1, 0.15) is 0 Å². The van der Waals surface area contributed by atoms with Crippen molar-refractivity contribution in [3.05, 3.63) is 34.3 Å². The highest BCUT2D eigenvalue weighted by Gasteiger charge is 2.30. The van der Waals surface area contributed by atoms with E-state index in [1.165, 1.54) is 0 Å². The van der Waals surface area contributed by atoms with E-state index in [0.717, 1.165) is 23.0 Å². The molecule has 1 heterocycles. The quantitative estimate of drug-likeness (QED) is 0.773. The zero-order valence-corrected chi connectivity index (χ0v) is 11.2. The first-order valence-corrected chi connectivity index (χ1v) is 6.43. The third-order valence-corrected chi connectivity index (χ3v) is 3.61. The van der Waals surface area contributed by atoms with Crippen molar-refractivity contribution in [2.24, 2.45) is 5.92 Å². The summed E-state index contributed by atoms with van der Waals surface area (Å²) >= 11 is 3.40. The summed E-state index contributed by atoms with van der Waals surface area (Å²) in [6, 6.07) is 7.97. The molecule has 3 heteroatoms. The zero-order valence-electron chi connectivity index (χ0n) is 9.61. The molecule has 1 aliphatic heterocycles. The molecular weight excluding hydrogens is 266 g/mol. The highest BCUT2D eigenvalue weighted by atomic mass is 79.9. The summed E-state index contributed by atoms with van der Waals surface area (Å²) in [7, 11) is 0. The molecule has 0 N–H and O–H groups in total. The molecule has 1 aromatic rings. The summed E-state index contributed by atoms with van der Waals surface area (Å²) in [4.78, 5) is 14.2. The number of benzene rings is 1. The molecule has 1 amide bonds. The lowest BCUT2D eigenvalue weighted by Gasteiger charge is -2.21. The SMILES string of the molecule is CC1CC(C)N(C(=O)c2cccc(Br)c2)C1. The molecule has 0 spiro atoms.